The highest BCUT2D eigenvalue weighted by Gasteiger charge is 2.16. The third-order valence-corrected chi connectivity index (χ3v) is 6.22. The van der Waals surface area contributed by atoms with Crippen LogP contribution in [0.1, 0.15) is 15.3 Å². The zero-order valence-corrected chi connectivity index (χ0v) is 14.8. The molecule has 1 aromatic heterocycles. The lowest BCUT2D eigenvalue weighted by Crippen LogP contribution is -1.92. The van der Waals surface area contributed by atoms with Gasteiger partial charge in [-0.05, 0) is 28.5 Å². The Bertz CT molecular complexity index is 751. The molecule has 0 amide bonds. The van der Waals surface area contributed by atoms with Crippen LogP contribution in [0, 0.1) is 0 Å². The average molecular weight is 412 g/mol. The van der Waals surface area contributed by atoms with Gasteiger partial charge in [0.1, 0.15) is 5.75 Å². The molecule has 20 heavy (non-hydrogen) atoms. The summed E-state index contributed by atoms with van der Waals surface area (Å²) >= 11 is 9.15. The van der Waals surface area contributed by atoms with Gasteiger partial charge in [0.15, 0.2) is 0 Å². The Balaban J connectivity index is 2.12. The second-order valence-corrected chi connectivity index (χ2v) is 7.15. The summed E-state index contributed by atoms with van der Waals surface area (Å²) in [6.07, 6.45) is 0. The number of hydrogen-bond acceptors (Lipinski definition) is 2. The van der Waals surface area contributed by atoms with Gasteiger partial charge in [0.05, 0.1) is 11.9 Å². The molecule has 0 aliphatic heterocycles. The molecule has 0 N–H and O–H groups in total. The van der Waals surface area contributed by atoms with Crippen LogP contribution in [0.25, 0.3) is 10.8 Å². The molecule has 1 atom stereocenters. The summed E-state index contributed by atoms with van der Waals surface area (Å²) in [6, 6.07) is 14.8. The largest absolute Gasteiger partial charge is 0.496 e. The van der Waals surface area contributed by atoms with E-state index in [2.05, 4.69) is 74.3 Å². The van der Waals surface area contributed by atoms with Gasteiger partial charge in [-0.1, -0.05) is 62.2 Å². The zero-order chi connectivity index (χ0) is 14.1. The van der Waals surface area contributed by atoms with Gasteiger partial charge in [-0.2, -0.15) is 0 Å². The van der Waals surface area contributed by atoms with E-state index in [9.17, 15) is 0 Å². The molecule has 0 fully saturated rings. The molecule has 1 unspecified atom stereocenters. The molecule has 0 saturated heterocycles. The van der Waals surface area contributed by atoms with Crippen LogP contribution in [0.15, 0.2) is 52.3 Å². The maximum atomic E-state index is 5.27. The zero-order valence-electron chi connectivity index (χ0n) is 10.8. The van der Waals surface area contributed by atoms with Crippen molar-refractivity contribution in [2.75, 3.05) is 7.11 Å². The van der Waals surface area contributed by atoms with E-state index in [0.29, 0.717) is 0 Å². The first-order valence-corrected chi connectivity index (χ1v) is 8.73. The average Bonchev–Trinajstić information content (AvgIpc) is 2.96. The SMILES string of the molecule is COc1csc(C(Br)c2ccc(Br)c3ccccc23)c1. The van der Waals surface area contributed by atoms with Crippen molar-refractivity contribution in [1.29, 1.82) is 0 Å². The number of alkyl halides is 1. The van der Waals surface area contributed by atoms with Crippen LogP contribution in [-0.4, -0.2) is 7.11 Å². The number of methoxy groups -OCH3 is 1. The molecule has 0 aliphatic rings. The molecule has 0 spiro atoms. The highest BCUT2D eigenvalue weighted by atomic mass is 79.9. The van der Waals surface area contributed by atoms with Gasteiger partial charge in [0, 0.05) is 14.7 Å². The van der Waals surface area contributed by atoms with E-state index in [1.807, 2.05) is 5.38 Å². The third-order valence-electron chi connectivity index (χ3n) is 3.26. The van der Waals surface area contributed by atoms with Crippen molar-refractivity contribution < 1.29 is 4.74 Å². The van der Waals surface area contributed by atoms with Crippen LogP contribution in [0.3, 0.4) is 0 Å². The number of halogens is 2. The fraction of sp³-hybridized carbons (Fsp3) is 0.125. The molecule has 1 nitrogen and oxygen atoms in total. The van der Waals surface area contributed by atoms with Crippen molar-refractivity contribution in [1.82, 2.24) is 0 Å². The van der Waals surface area contributed by atoms with Crippen LogP contribution in [-0.2, 0) is 0 Å². The van der Waals surface area contributed by atoms with Crippen molar-refractivity contribution in [3.8, 4) is 5.75 Å². The lowest BCUT2D eigenvalue weighted by atomic mass is 10.0. The van der Waals surface area contributed by atoms with E-state index < -0.39 is 0 Å². The van der Waals surface area contributed by atoms with Gasteiger partial charge in [-0.15, -0.1) is 11.3 Å². The lowest BCUT2D eigenvalue weighted by Gasteiger charge is -2.12. The van der Waals surface area contributed by atoms with Crippen LogP contribution in [0.5, 0.6) is 5.75 Å². The molecule has 0 saturated carbocycles. The second-order valence-electron chi connectivity index (χ2n) is 4.43. The predicted molar refractivity (Wildman–Crippen MR) is 93.3 cm³/mol. The molecule has 0 bridgehead atoms. The minimum atomic E-state index is 0.175. The highest BCUT2D eigenvalue weighted by Crippen LogP contribution is 2.41. The van der Waals surface area contributed by atoms with Crippen LogP contribution < -0.4 is 4.74 Å². The number of thiophene rings is 1. The van der Waals surface area contributed by atoms with Gasteiger partial charge in [-0.3, -0.25) is 0 Å². The summed E-state index contributed by atoms with van der Waals surface area (Å²) in [4.78, 5) is 1.42. The van der Waals surface area contributed by atoms with Crippen LogP contribution >= 0.6 is 43.2 Å². The Morgan fingerprint density at radius 1 is 1.10 bits per heavy atom. The normalized spacial score (nSPS) is 12.6. The van der Waals surface area contributed by atoms with Gasteiger partial charge >= 0.3 is 0 Å². The molecule has 0 aliphatic carbocycles. The maximum Gasteiger partial charge on any atom is 0.129 e. The standard InChI is InChI=1S/C16H12Br2OS/c1-19-10-8-15(20-9-10)16(18)13-6-7-14(17)12-5-3-2-4-11(12)13/h2-9,16H,1H3. The maximum absolute atomic E-state index is 5.27. The molecule has 2 aromatic carbocycles. The van der Waals surface area contributed by atoms with E-state index in [0.717, 1.165) is 10.2 Å². The minimum absolute atomic E-state index is 0.175. The number of fused-ring (bicyclic) bond motifs is 1. The van der Waals surface area contributed by atoms with Gasteiger partial charge < -0.3 is 4.74 Å². The van der Waals surface area contributed by atoms with E-state index in [1.54, 1.807) is 18.4 Å². The van der Waals surface area contributed by atoms with E-state index in [4.69, 9.17) is 4.74 Å². The highest BCUT2D eigenvalue weighted by molar-refractivity contribution is 9.10. The smallest absolute Gasteiger partial charge is 0.129 e. The molecular formula is C16H12Br2OS. The number of benzene rings is 2. The number of rotatable bonds is 3. The summed E-state index contributed by atoms with van der Waals surface area (Å²) in [6.45, 7) is 0. The molecule has 102 valence electrons. The topological polar surface area (TPSA) is 9.23 Å². The lowest BCUT2D eigenvalue weighted by molar-refractivity contribution is 0.416. The monoisotopic (exact) mass is 410 g/mol. The van der Waals surface area contributed by atoms with Crippen molar-refractivity contribution in [3.05, 3.63) is 62.8 Å². The van der Waals surface area contributed by atoms with Gasteiger partial charge in [0.25, 0.3) is 0 Å². The fourth-order valence-electron chi connectivity index (χ4n) is 2.23. The number of ether oxygens (including phenoxy) is 1. The van der Waals surface area contributed by atoms with E-state index in [-0.39, 0.29) is 4.83 Å². The first-order valence-electron chi connectivity index (χ1n) is 6.14. The van der Waals surface area contributed by atoms with E-state index >= 15 is 0 Å². The Hall–Kier alpha value is -0.840. The summed E-state index contributed by atoms with van der Waals surface area (Å²) in [5, 5.41) is 4.53. The molecule has 3 aromatic rings. The molecular weight excluding hydrogens is 400 g/mol. The van der Waals surface area contributed by atoms with Crippen LogP contribution in [0.4, 0.5) is 0 Å². The first kappa shape index (κ1) is 14.1. The fourth-order valence-corrected chi connectivity index (χ4v) is 4.41. The summed E-state index contributed by atoms with van der Waals surface area (Å²) < 4.78 is 6.39. The Labute approximate surface area is 138 Å². The quantitative estimate of drug-likeness (QED) is 0.469. The van der Waals surface area contributed by atoms with Crippen molar-refractivity contribution >= 4 is 54.0 Å². The molecule has 4 heteroatoms. The summed E-state index contributed by atoms with van der Waals surface area (Å²) in [5.74, 6) is 0.913. The molecule has 3 rings (SSSR count). The molecule has 1 heterocycles. The van der Waals surface area contributed by atoms with E-state index in [1.165, 1.54) is 21.2 Å². The Morgan fingerprint density at radius 3 is 2.55 bits per heavy atom. The van der Waals surface area contributed by atoms with Gasteiger partial charge in [0.2, 0.25) is 0 Å². The van der Waals surface area contributed by atoms with Crippen molar-refractivity contribution in [2.24, 2.45) is 0 Å². The molecule has 0 radical (unpaired) electrons. The van der Waals surface area contributed by atoms with Crippen LogP contribution in [0.2, 0.25) is 0 Å². The second kappa shape index (κ2) is 5.88. The summed E-state index contributed by atoms with van der Waals surface area (Å²) in [7, 11) is 1.70. The Morgan fingerprint density at radius 2 is 1.85 bits per heavy atom. The van der Waals surface area contributed by atoms with Crippen molar-refractivity contribution in [2.45, 2.75) is 4.83 Å². The Kier molecular flexibility index (Phi) is 4.15. The third kappa shape index (κ3) is 2.52. The number of hydrogen-bond donors (Lipinski definition) is 0. The van der Waals surface area contributed by atoms with Crippen molar-refractivity contribution in [3.63, 3.8) is 0 Å². The summed E-state index contributed by atoms with van der Waals surface area (Å²) in [5.41, 5.74) is 1.27. The predicted octanol–water partition coefficient (Wildman–Crippen LogP) is 6.16. The minimum Gasteiger partial charge on any atom is -0.496 e. The van der Waals surface area contributed by atoms with Gasteiger partial charge in [-0.25, -0.2) is 0 Å². The first-order chi connectivity index (χ1) is 9.70.